The number of rotatable bonds is 3. The summed E-state index contributed by atoms with van der Waals surface area (Å²) in [5.74, 6) is 1.19. The van der Waals surface area contributed by atoms with Crippen LogP contribution in [0.3, 0.4) is 0 Å². The summed E-state index contributed by atoms with van der Waals surface area (Å²) in [7, 11) is 0. The number of hydrogen-bond acceptors (Lipinski definition) is 5. The molecule has 104 valence electrons. The summed E-state index contributed by atoms with van der Waals surface area (Å²) >= 11 is 0. The van der Waals surface area contributed by atoms with Crippen LogP contribution in [0.5, 0.6) is 5.88 Å². The van der Waals surface area contributed by atoms with E-state index in [0.717, 1.165) is 25.2 Å². The van der Waals surface area contributed by atoms with Crippen molar-refractivity contribution in [3.05, 3.63) is 36.2 Å². The molecule has 1 aromatic heterocycles. The third-order valence-corrected chi connectivity index (χ3v) is 3.47. The molecule has 0 bridgehead atoms. The fourth-order valence-electron chi connectivity index (χ4n) is 2.59. The van der Waals surface area contributed by atoms with E-state index in [-0.39, 0.29) is 0 Å². The molecule has 0 spiro atoms. The van der Waals surface area contributed by atoms with E-state index in [1.165, 1.54) is 17.6 Å². The van der Waals surface area contributed by atoms with Crippen molar-refractivity contribution in [2.45, 2.75) is 19.8 Å². The number of fused-ring (bicyclic) bond motifs is 1. The van der Waals surface area contributed by atoms with Crippen LogP contribution in [0.2, 0.25) is 0 Å². The maximum Gasteiger partial charge on any atom is 0.242 e. The molecule has 0 saturated heterocycles. The van der Waals surface area contributed by atoms with Crippen molar-refractivity contribution in [1.82, 2.24) is 9.97 Å². The summed E-state index contributed by atoms with van der Waals surface area (Å²) in [4.78, 5) is 10.6. The molecule has 2 heterocycles. The van der Waals surface area contributed by atoms with Crippen LogP contribution in [-0.2, 0) is 6.42 Å². The second-order valence-corrected chi connectivity index (χ2v) is 4.73. The largest absolute Gasteiger partial charge is 0.476 e. The van der Waals surface area contributed by atoms with Crippen molar-refractivity contribution in [3.63, 3.8) is 0 Å². The lowest BCUT2D eigenvalue weighted by Gasteiger charge is -2.31. The zero-order valence-corrected chi connectivity index (χ0v) is 11.5. The number of aromatic nitrogens is 2. The van der Waals surface area contributed by atoms with Gasteiger partial charge in [-0.05, 0) is 31.4 Å². The first-order valence-corrected chi connectivity index (χ1v) is 6.90. The zero-order chi connectivity index (χ0) is 13.9. The molecule has 0 atom stereocenters. The summed E-state index contributed by atoms with van der Waals surface area (Å²) in [6, 6.07) is 8.37. The SMILES string of the molecule is CCOc1ncnc(N2CCCc3ccccc32)c1N. The van der Waals surface area contributed by atoms with Crippen molar-refractivity contribution in [2.75, 3.05) is 23.8 Å². The van der Waals surface area contributed by atoms with Gasteiger partial charge in [-0.25, -0.2) is 4.98 Å². The minimum Gasteiger partial charge on any atom is -0.476 e. The second kappa shape index (κ2) is 5.36. The van der Waals surface area contributed by atoms with Gasteiger partial charge in [-0.3, -0.25) is 0 Å². The molecule has 1 aliphatic rings. The van der Waals surface area contributed by atoms with E-state index in [1.807, 2.05) is 13.0 Å². The molecule has 0 aliphatic carbocycles. The molecule has 5 nitrogen and oxygen atoms in total. The lowest BCUT2D eigenvalue weighted by atomic mass is 10.0. The number of anilines is 3. The van der Waals surface area contributed by atoms with Crippen LogP contribution < -0.4 is 15.4 Å². The summed E-state index contributed by atoms with van der Waals surface area (Å²) in [5, 5.41) is 0. The minimum atomic E-state index is 0.459. The number of aryl methyl sites for hydroxylation is 1. The standard InChI is InChI=1S/C15H18N4O/c1-2-20-15-13(16)14(17-10-18-15)19-9-5-7-11-6-3-4-8-12(11)19/h3-4,6,8,10H,2,5,7,9,16H2,1H3. The molecule has 1 aliphatic heterocycles. The van der Waals surface area contributed by atoms with Crippen molar-refractivity contribution < 1.29 is 4.74 Å². The Morgan fingerprint density at radius 2 is 2.15 bits per heavy atom. The Morgan fingerprint density at radius 1 is 1.30 bits per heavy atom. The van der Waals surface area contributed by atoms with E-state index in [2.05, 4.69) is 33.1 Å². The number of hydrogen-bond donors (Lipinski definition) is 1. The maximum atomic E-state index is 6.17. The zero-order valence-electron chi connectivity index (χ0n) is 11.5. The quantitative estimate of drug-likeness (QED) is 0.928. The number of nitrogens with zero attached hydrogens (tertiary/aromatic N) is 3. The number of ether oxygens (including phenoxy) is 1. The van der Waals surface area contributed by atoms with E-state index in [9.17, 15) is 0 Å². The van der Waals surface area contributed by atoms with Gasteiger partial charge in [0.1, 0.15) is 12.0 Å². The third kappa shape index (κ3) is 2.15. The first-order valence-electron chi connectivity index (χ1n) is 6.90. The van der Waals surface area contributed by atoms with Gasteiger partial charge in [0.05, 0.1) is 6.61 Å². The monoisotopic (exact) mass is 270 g/mol. The summed E-state index contributed by atoms with van der Waals surface area (Å²) in [6.45, 7) is 3.36. The first-order chi connectivity index (χ1) is 9.81. The highest BCUT2D eigenvalue weighted by molar-refractivity contribution is 5.76. The van der Waals surface area contributed by atoms with Crippen LogP contribution in [-0.4, -0.2) is 23.1 Å². The van der Waals surface area contributed by atoms with E-state index < -0.39 is 0 Å². The molecule has 3 rings (SSSR count). The minimum absolute atomic E-state index is 0.459. The highest BCUT2D eigenvalue weighted by atomic mass is 16.5. The molecular formula is C15H18N4O. The number of nitrogens with two attached hydrogens (primary N) is 1. The van der Waals surface area contributed by atoms with E-state index in [1.54, 1.807) is 0 Å². The third-order valence-electron chi connectivity index (χ3n) is 3.47. The van der Waals surface area contributed by atoms with E-state index in [0.29, 0.717) is 18.2 Å². The highest BCUT2D eigenvalue weighted by Gasteiger charge is 2.22. The van der Waals surface area contributed by atoms with Crippen molar-refractivity contribution in [2.24, 2.45) is 0 Å². The molecule has 0 amide bonds. The molecular weight excluding hydrogens is 252 g/mol. The van der Waals surface area contributed by atoms with Crippen LogP contribution >= 0.6 is 0 Å². The average molecular weight is 270 g/mol. The number of benzene rings is 1. The lowest BCUT2D eigenvalue weighted by molar-refractivity contribution is 0.328. The van der Waals surface area contributed by atoms with Gasteiger partial charge in [-0.2, -0.15) is 4.98 Å². The summed E-state index contributed by atoms with van der Waals surface area (Å²) in [5.41, 5.74) is 9.17. The fourth-order valence-corrected chi connectivity index (χ4v) is 2.59. The summed E-state index contributed by atoms with van der Waals surface area (Å²) in [6.07, 6.45) is 3.69. The Labute approximate surface area is 118 Å². The van der Waals surface area contributed by atoms with Crippen LogP contribution in [0, 0.1) is 0 Å². The Morgan fingerprint density at radius 3 is 3.00 bits per heavy atom. The van der Waals surface area contributed by atoms with Gasteiger partial charge in [0.15, 0.2) is 5.82 Å². The maximum absolute atomic E-state index is 6.17. The summed E-state index contributed by atoms with van der Waals surface area (Å²) < 4.78 is 5.45. The van der Waals surface area contributed by atoms with Crippen molar-refractivity contribution in [3.8, 4) is 5.88 Å². The second-order valence-electron chi connectivity index (χ2n) is 4.73. The Bertz CT molecular complexity index is 615. The topological polar surface area (TPSA) is 64.3 Å². The smallest absolute Gasteiger partial charge is 0.242 e. The van der Waals surface area contributed by atoms with Gasteiger partial charge in [0, 0.05) is 12.2 Å². The Balaban J connectivity index is 2.04. The predicted molar refractivity (Wildman–Crippen MR) is 79.4 cm³/mol. The van der Waals surface area contributed by atoms with Gasteiger partial charge >= 0.3 is 0 Å². The van der Waals surface area contributed by atoms with Crippen LogP contribution in [0.25, 0.3) is 0 Å². The predicted octanol–water partition coefficient (Wildman–Crippen LogP) is 2.54. The van der Waals surface area contributed by atoms with Gasteiger partial charge in [-0.15, -0.1) is 0 Å². The average Bonchev–Trinajstić information content (AvgIpc) is 2.49. The normalized spacial score (nSPS) is 13.9. The van der Waals surface area contributed by atoms with Crippen LogP contribution in [0.15, 0.2) is 30.6 Å². The van der Waals surface area contributed by atoms with Crippen LogP contribution in [0.4, 0.5) is 17.2 Å². The molecule has 1 aromatic carbocycles. The van der Waals surface area contributed by atoms with Gasteiger partial charge < -0.3 is 15.4 Å². The molecule has 2 aromatic rings. The molecule has 0 unspecified atom stereocenters. The number of nitrogen functional groups attached to an aromatic ring is 1. The van der Waals surface area contributed by atoms with E-state index >= 15 is 0 Å². The molecule has 20 heavy (non-hydrogen) atoms. The molecule has 0 saturated carbocycles. The van der Waals surface area contributed by atoms with Gasteiger partial charge in [-0.1, -0.05) is 18.2 Å². The molecule has 5 heteroatoms. The van der Waals surface area contributed by atoms with Gasteiger partial charge in [0.2, 0.25) is 5.88 Å². The van der Waals surface area contributed by atoms with E-state index in [4.69, 9.17) is 10.5 Å². The molecule has 0 radical (unpaired) electrons. The van der Waals surface area contributed by atoms with Crippen molar-refractivity contribution >= 4 is 17.2 Å². The number of para-hydroxylation sites is 1. The Kier molecular flexibility index (Phi) is 3.41. The first kappa shape index (κ1) is 12.7. The lowest BCUT2D eigenvalue weighted by Crippen LogP contribution is -2.26. The fraction of sp³-hybridized carbons (Fsp3) is 0.333. The Hall–Kier alpha value is -2.30. The van der Waals surface area contributed by atoms with Crippen LogP contribution in [0.1, 0.15) is 18.9 Å². The van der Waals surface area contributed by atoms with Gasteiger partial charge in [0.25, 0.3) is 0 Å². The highest BCUT2D eigenvalue weighted by Crippen LogP contribution is 2.37. The molecule has 0 fully saturated rings. The van der Waals surface area contributed by atoms with Crippen molar-refractivity contribution in [1.29, 1.82) is 0 Å². The molecule has 2 N–H and O–H groups in total.